The normalized spacial score (nSPS) is 26.7. The molecule has 0 aliphatic heterocycles. The minimum atomic E-state index is -0.694. The standard InChI is InChI=1S/C14H21N5/c15-8-6-11-13(18)12(17)5-7-14(11,19)9-1-3-10(16)4-2-9/h1-5,7,11H,6,8,15-19H2. The van der Waals surface area contributed by atoms with Gasteiger partial charge < -0.3 is 28.7 Å². The van der Waals surface area contributed by atoms with Crippen LogP contribution in [-0.2, 0) is 5.54 Å². The summed E-state index contributed by atoms with van der Waals surface area (Å²) in [6.45, 7) is 0.500. The molecule has 1 aliphatic carbocycles. The lowest BCUT2D eigenvalue weighted by atomic mass is 9.72. The number of nitrogens with two attached hydrogens (primary N) is 5. The minimum Gasteiger partial charge on any atom is -0.400 e. The predicted octanol–water partition coefficient (Wildman–Crippen LogP) is 0.0866. The fraction of sp³-hybridized carbons (Fsp3) is 0.286. The quantitative estimate of drug-likeness (QED) is 0.491. The third-order valence-electron chi connectivity index (χ3n) is 3.69. The highest BCUT2D eigenvalue weighted by Crippen LogP contribution is 2.37. The number of nitrogen functional groups attached to an aromatic ring is 1. The molecule has 2 rings (SSSR count). The molecule has 5 nitrogen and oxygen atoms in total. The van der Waals surface area contributed by atoms with Gasteiger partial charge in [0.2, 0.25) is 0 Å². The van der Waals surface area contributed by atoms with Crippen molar-refractivity contribution in [2.75, 3.05) is 12.3 Å². The molecule has 1 aromatic carbocycles. The van der Waals surface area contributed by atoms with Crippen LogP contribution in [0.5, 0.6) is 0 Å². The maximum absolute atomic E-state index is 6.56. The van der Waals surface area contributed by atoms with Gasteiger partial charge in [-0.3, -0.25) is 0 Å². The first-order chi connectivity index (χ1) is 8.99. The van der Waals surface area contributed by atoms with Crippen LogP contribution in [0.25, 0.3) is 0 Å². The Balaban J connectivity index is 2.46. The van der Waals surface area contributed by atoms with Gasteiger partial charge in [-0.05, 0) is 36.7 Å². The van der Waals surface area contributed by atoms with Crippen molar-refractivity contribution in [1.29, 1.82) is 0 Å². The van der Waals surface area contributed by atoms with E-state index in [0.29, 0.717) is 30.0 Å². The number of allylic oxidation sites excluding steroid dienone is 1. The molecule has 0 aromatic heterocycles. The van der Waals surface area contributed by atoms with Crippen LogP contribution in [0.4, 0.5) is 5.69 Å². The number of anilines is 1. The maximum Gasteiger partial charge on any atom is 0.0684 e. The van der Waals surface area contributed by atoms with E-state index in [0.717, 1.165) is 5.56 Å². The van der Waals surface area contributed by atoms with Gasteiger partial charge in [0.1, 0.15) is 0 Å². The monoisotopic (exact) mass is 259 g/mol. The summed E-state index contributed by atoms with van der Waals surface area (Å²) in [5, 5.41) is 0. The molecule has 0 bridgehead atoms. The molecule has 0 saturated carbocycles. The summed E-state index contributed by atoms with van der Waals surface area (Å²) in [6.07, 6.45) is 4.33. The second-order valence-electron chi connectivity index (χ2n) is 4.93. The first-order valence-electron chi connectivity index (χ1n) is 6.28. The Morgan fingerprint density at radius 2 is 1.68 bits per heavy atom. The third kappa shape index (κ3) is 2.30. The predicted molar refractivity (Wildman–Crippen MR) is 78.4 cm³/mol. The molecule has 0 fully saturated rings. The van der Waals surface area contributed by atoms with E-state index in [4.69, 9.17) is 28.7 Å². The van der Waals surface area contributed by atoms with Crippen LogP contribution in [0.2, 0.25) is 0 Å². The lowest BCUT2D eigenvalue weighted by molar-refractivity contribution is 0.359. The van der Waals surface area contributed by atoms with Gasteiger partial charge in [-0.2, -0.15) is 0 Å². The smallest absolute Gasteiger partial charge is 0.0684 e. The van der Waals surface area contributed by atoms with E-state index < -0.39 is 5.54 Å². The van der Waals surface area contributed by atoms with Crippen molar-refractivity contribution < 1.29 is 0 Å². The van der Waals surface area contributed by atoms with E-state index in [1.807, 2.05) is 30.3 Å². The van der Waals surface area contributed by atoms with Crippen LogP contribution in [0.15, 0.2) is 47.8 Å². The first kappa shape index (κ1) is 13.5. The van der Waals surface area contributed by atoms with Gasteiger partial charge in [0.25, 0.3) is 0 Å². The van der Waals surface area contributed by atoms with Crippen molar-refractivity contribution >= 4 is 5.69 Å². The molecular weight excluding hydrogens is 238 g/mol. The largest absolute Gasteiger partial charge is 0.400 e. The van der Waals surface area contributed by atoms with Crippen molar-refractivity contribution in [3.63, 3.8) is 0 Å². The summed E-state index contributed by atoms with van der Waals surface area (Å²) in [5.41, 5.74) is 32.0. The summed E-state index contributed by atoms with van der Waals surface area (Å²) in [4.78, 5) is 0. The fourth-order valence-electron chi connectivity index (χ4n) is 2.53. The Labute approximate surface area is 113 Å². The highest BCUT2D eigenvalue weighted by Gasteiger charge is 2.38. The summed E-state index contributed by atoms with van der Waals surface area (Å²) in [6, 6.07) is 7.49. The van der Waals surface area contributed by atoms with Crippen molar-refractivity contribution in [3.8, 4) is 0 Å². The van der Waals surface area contributed by atoms with Crippen LogP contribution in [0.3, 0.4) is 0 Å². The van der Waals surface area contributed by atoms with Gasteiger partial charge in [-0.1, -0.05) is 18.2 Å². The van der Waals surface area contributed by atoms with Crippen LogP contribution in [0.1, 0.15) is 12.0 Å². The van der Waals surface area contributed by atoms with Crippen molar-refractivity contribution in [1.82, 2.24) is 0 Å². The second kappa shape index (κ2) is 4.95. The molecule has 1 aromatic rings. The lowest BCUT2D eigenvalue weighted by Crippen LogP contribution is -2.48. The molecular formula is C14H21N5. The van der Waals surface area contributed by atoms with Gasteiger partial charge >= 0.3 is 0 Å². The summed E-state index contributed by atoms with van der Waals surface area (Å²) < 4.78 is 0. The summed E-state index contributed by atoms with van der Waals surface area (Å²) in [5.74, 6) is -0.105. The summed E-state index contributed by atoms with van der Waals surface area (Å²) >= 11 is 0. The van der Waals surface area contributed by atoms with Crippen molar-refractivity contribution in [2.45, 2.75) is 12.0 Å². The average Bonchev–Trinajstić information content (AvgIpc) is 2.40. The Morgan fingerprint density at radius 1 is 1.05 bits per heavy atom. The lowest BCUT2D eigenvalue weighted by Gasteiger charge is -2.38. The Bertz CT molecular complexity index is 517. The van der Waals surface area contributed by atoms with Crippen LogP contribution in [0, 0.1) is 5.92 Å². The zero-order valence-corrected chi connectivity index (χ0v) is 10.8. The third-order valence-corrected chi connectivity index (χ3v) is 3.69. The fourth-order valence-corrected chi connectivity index (χ4v) is 2.53. The van der Waals surface area contributed by atoms with Gasteiger partial charge in [-0.25, -0.2) is 0 Å². The van der Waals surface area contributed by atoms with E-state index in [2.05, 4.69) is 0 Å². The summed E-state index contributed by atoms with van der Waals surface area (Å²) in [7, 11) is 0. The number of benzene rings is 1. The van der Waals surface area contributed by atoms with Crippen LogP contribution in [-0.4, -0.2) is 6.54 Å². The molecule has 0 radical (unpaired) electrons. The van der Waals surface area contributed by atoms with Gasteiger partial charge in [-0.15, -0.1) is 0 Å². The molecule has 19 heavy (non-hydrogen) atoms. The van der Waals surface area contributed by atoms with E-state index in [1.165, 1.54) is 0 Å². The Hall–Kier alpha value is -1.98. The van der Waals surface area contributed by atoms with Gasteiger partial charge in [0.15, 0.2) is 0 Å². The molecule has 102 valence electrons. The van der Waals surface area contributed by atoms with Gasteiger partial charge in [0.05, 0.1) is 11.2 Å². The van der Waals surface area contributed by atoms with Crippen molar-refractivity contribution in [3.05, 3.63) is 53.4 Å². The Morgan fingerprint density at radius 3 is 2.26 bits per heavy atom. The average molecular weight is 259 g/mol. The zero-order valence-electron chi connectivity index (χ0n) is 10.8. The van der Waals surface area contributed by atoms with E-state index >= 15 is 0 Å². The zero-order chi connectivity index (χ0) is 14.0. The Kier molecular flexibility index (Phi) is 3.50. The topological polar surface area (TPSA) is 130 Å². The van der Waals surface area contributed by atoms with E-state index in [-0.39, 0.29) is 5.92 Å². The maximum atomic E-state index is 6.56. The number of hydrogen-bond donors (Lipinski definition) is 5. The number of rotatable bonds is 3. The molecule has 10 N–H and O–H groups in total. The minimum absolute atomic E-state index is 0.105. The van der Waals surface area contributed by atoms with E-state index in [9.17, 15) is 0 Å². The van der Waals surface area contributed by atoms with Gasteiger partial charge in [0, 0.05) is 17.3 Å². The van der Waals surface area contributed by atoms with Crippen molar-refractivity contribution in [2.24, 2.45) is 28.9 Å². The van der Waals surface area contributed by atoms with Crippen LogP contribution < -0.4 is 28.7 Å². The first-order valence-corrected chi connectivity index (χ1v) is 6.28. The SMILES string of the molecule is NCCC1C(N)=C(N)C=CC1(N)c1ccc(N)cc1. The molecule has 0 saturated heterocycles. The molecule has 0 amide bonds. The molecule has 1 aliphatic rings. The van der Waals surface area contributed by atoms with E-state index in [1.54, 1.807) is 6.08 Å². The molecule has 5 heteroatoms. The molecule has 0 heterocycles. The highest BCUT2D eigenvalue weighted by atomic mass is 14.8. The van der Waals surface area contributed by atoms with Crippen LogP contribution >= 0.6 is 0 Å². The molecule has 0 spiro atoms. The highest BCUT2D eigenvalue weighted by molar-refractivity contribution is 5.46. The molecule has 2 unspecified atom stereocenters. The number of hydrogen-bond acceptors (Lipinski definition) is 5. The molecule has 2 atom stereocenters. The second-order valence-corrected chi connectivity index (χ2v) is 4.93.